The van der Waals surface area contributed by atoms with Gasteiger partial charge in [0, 0.05) is 53.9 Å². The van der Waals surface area contributed by atoms with Crippen LogP contribution in [0.4, 0.5) is 13.2 Å². The van der Waals surface area contributed by atoms with E-state index in [2.05, 4.69) is 75.1 Å². The van der Waals surface area contributed by atoms with E-state index in [4.69, 9.17) is 9.73 Å². The summed E-state index contributed by atoms with van der Waals surface area (Å²) in [6.45, 7) is 14.4. The topological polar surface area (TPSA) is 117 Å². The first-order valence-electron chi connectivity index (χ1n) is 25.4. The fraction of sp³-hybridized carbons (Fsp3) is 0.938. The Bertz CT molecular complexity index is 1640. The second-order valence-corrected chi connectivity index (χ2v) is 23.3. The second kappa shape index (κ2) is 19.6. The van der Waals surface area contributed by atoms with Gasteiger partial charge in [-0.3, -0.25) is 24.3 Å². The fourth-order valence-electron chi connectivity index (χ4n) is 14.1. The van der Waals surface area contributed by atoms with Crippen molar-refractivity contribution < 1.29 is 27.4 Å². The Labute approximate surface area is 379 Å². The maximum atomic E-state index is 13.5. The van der Waals surface area contributed by atoms with Crippen LogP contribution in [-0.4, -0.2) is 124 Å². The average Bonchev–Trinajstić information content (AvgIpc) is 3.76. The molecule has 0 aromatic rings. The normalized spacial score (nSPS) is 44.3. The molecule has 1 spiro atoms. The first-order chi connectivity index (χ1) is 30.3. The highest BCUT2D eigenvalue weighted by Crippen LogP contribution is 2.51. The van der Waals surface area contributed by atoms with Gasteiger partial charge in [-0.15, -0.1) is 24.9 Å². The minimum absolute atomic E-state index is 0.0359. The number of likely N-dealkylation sites (tertiary alicyclic amines) is 2. The lowest BCUT2D eigenvalue weighted by atomic mass is 9.70. The fourth-order valence-corrected chi connectivity index (χ4v) is 16.0. The number of carbonyl (C=O) groups excluding carboxylic acids is 1. The zero-order valence-corrected chi connectivity index (χ0v) is 39.3. The van der Waals surface area contributed by atoms with Gasteiger partial charge in [-0.25, -0.2) is 10.9 Å². The van der Waals surface area contributed by atoms with Crippen molar-refractivity contribution in [2.24, 2.45) is 40.0 Å². The number of nitriles is 1. The second-order valence-electron chi connectivity index (χ2n) is 21.8. The van der Waals surface area contributed by atoms with Crippen molar-refractivity contribution in [3.8, 4) is 6.07 Å². The molecule has 5 aliphatic heterocycles. The van der Waals surface area contributed by atoms with E-state index < -0.39 is 18.4 Å². The van der Waals surface area contributed by atoms with E-state index in [-0.39, 0.29) is 48.7 Å². The van der Waals surface area contributed by atoms with Crippen molar-refractivity contribution in [2.45, 2.75) is 221 Å². The van der Waals surface area contributed by atoms with Crippen molar-refractivity contribution in [3.05, 3.63) is 0 Å². The number of fused-ring (bicyclic) bond motifs is 3. The molecule has 63 heavy (non-hydrogen) atoms. The molecule has 0 radical (unpaired) electrons. The van der Waals surface area contributed by atoms with E-state index in [9.17, 15) is 23.2 Å². The van der Waals surface area contributed by atoms with E-state index in [0.29, 0.717) is 64.9 Å². The predicted molar refractivity (Wildman–Crippen MR) is 240 cm³/mol. The Hall–Kier alpha value is -1.51. The van der Waals surface area contributed by atoms with Gasteiger partial charge in [0.05, 0.1) is 54.0 Å². The number of halogens is 3. The minimum atomic E-state index is -4.76. The Kier molecular flexibility index (Phi) is 14.5. The van der Waals surface area contributed by atoms with Crippen LogP contribution >= 0.6 is 11.8 Å². The lowest BCUT2D eigenvalue weighted by molar-refractivity contribution is -0.351. The van der Waals surface area contributed by atoms with E-state index in [1.807, 2.05) is 6.07 Å². The summed E-state index contributed by atoms with van der Waals surface area (Å²) in [7, 11) is 0. The Morgan fingerprint density at radius 2 is 1.54 bits per heavy atom. The van der Waals surface area contributed by atoms with E-state index in [0.717, 1.165) is 51.4 Å². The first kappa shape index (κ1) is 46.6. The van der Waals surface area contributed by atoms with Crippen LogP contribution in [0.2, 0.25) is 0 Å². The number of alkyl halides is 3. The number of rotatable bonds is 8. The third-order valence-corrected chi connectivity index (χ3v) is 19.7. The summed E-state index contributed by atoms with van der Waals surface area (Å²) in [6, 6.07) is 3.65. The number of hydrogen-bond donors (Lipinski definition) is 3. The van der Waals surface area contributed by atoms with Crippen LogP contribution in [0, 0.1) is 46.3 Å². The third-order valence-electron chi connectivity index (χ3n) is 18.0. The standard InChI is InChI=1S/C48H77F3N8O3S/c1-29-31(3)63-46-42(29)43(53-30(2)44-56-55-32(4)59(44)46)33-6-13-37(14-7-33)57-24-21-47(22-25-57)20-5-23-58(28-47)38-15-8-34(9-16-38)45(60)54-36-11-18-39(19-12-36)61-40-17-10-35(27-52)41(26-40)62-48(49,50)51/h29-42,44,46,55-56H,5-26,28H2,1-4H3,(H,54,60)/t29?,30-,31?,32?,33?,34?,35?,36?,37?,38?,39?,40?,41?,42?,44?,46?/m0/s1. The number of amides is 1. The van der Waals surface area contributed by atoms with E-state index >= 15 is 0 Å². The zero-order chi connectivity index (χ0) is 44.0. The summed E-state index contributed by atoms with van der Waals surface area (Å²) in [4.78, 5) is 27.5. The zero-order valence-electron chi connectivity index (χ0n) is 38.5. The van der Waals surface area contributed by atoms with Crippen LogP contribution < -0.4 is 16.2 Å². The Balaban J connectivity index is 0.689. The summed E-state index contributed by atoms with van der Waals surface area (Å²) < 4.78 is 49.4. The Morgan fingerprint density at radius 3 is 2.24 bits per heavy atom. The van der Waals surface area contributed by atoms with E-state index in [1.54, 1.807) is 5.71 Å². The molecule has 1 amide bonds. The molecule has 5 heterocycles. The van der Waals surface area contributed by atoms with Gasteiger partial charge in [-0.1, -0.05) is 13.8 Å². The highest BCUT2D eigenvalue weighted by Gasteiger charge is 2.54. The molecule has 4 saturated carbocycles. The van der Waals surface area contributed by atoms with Gasteiger partial charge in [0.25, 0.3) is 0 Å². The van der Waals surface area contributed by atoms with Gasteiger partial charge in [0.15, 0.2) is 0 Å². The van der Waals surface area contributed by atoms with Crippen LogP contribution in [0.5, 0.6) is 0 Å². The van der Waals surface area contributed by atoms with Gasteiger partial charge in [0.2, 0.25) is 5.91 Å². The monoisotopic (exact) mass is 903 g/mol. The average molecular weight is 903 g/mol. The molecular formula is C48H77F3N8O3S. The lowest BCUT2D eigenvalue weighted by Crippen LogP contribution is -2.54. The molecular weight excluding hydrogens is 826 g/mol. The molecule has 8 fully saturated rings. The van der Waals surface area contributed by atoms with Gasteiger partial charge in [-0.05, 0) is 166 Å². The number of hydrogen-bond acceptors (Lipinski definition) is 11. The largest absolute Gasteiger partial charge is 0.522 e. The van der Waals surface area contributed by atoms with Crippen molar-refractivity contribution in [3.63, 3.8) is 0 Å². The lowest BCUT2D eigenvalue weighted by Gasteiger charge is -2.52. The molecule has 10 atom stereocenters. The summed E-state index contributed by atoms with van der Waals surface area (Å²) in [6.07, 6.45) is 13.1. The van der Waals surface area contributed by atoms with Crippen LogP contribution in [0.15, 0.2) is 4.99 Å². The number of aliphatic imine (C=N–C) groups is 1. The van der Waals surface area contributed by atoms with Crippen LogP contribution in [0.1, 0.15) is 150 Å². The SMILES string of the molecule is CC1SC2C(C(C3CCC(N4CCC5(CCCN(C6CCC(C(=O)NC7CCC(OC8CCC(C#N)C(OC(F)(F)F)C8)CC7)CC6)C5)CC4)CC3)=N[C@@H](C)C3NNC(C)N23)C1C. The number of carbonyl (C=O) groups is 1. The highest BCUT2D eigenvalue weighted by molar-refractivity contribution is 8.00. The summed E-state index contributed by atoms with van der Waals surface area (Å²) in [5.41, 5.74) is 9.11. The molecule has 9 aliphatic rings. The quantitative estimate of drug-likeness (QED) is 0.222. The number of nitrogens with one attached hydrogen (secondary N) is 3. The molecule has 11 nitrogen and oxygen atoms in total. The van der Waals surface area contributed by atoms with Gasteiger partial charge >= 0.3 is 6.36 Å². The number of thioether (sulfide) groups is 1. The number of nitrogens with zero attached hydrogens (tertiary/aromatic N) is 5. The maximum Gasteiger partial charge on any atom is 0.522 e. The van der Waals surface area contributed by atoms with E-state index in [1.165, 1.54) is 77.5 Å². The maximum absolute atomic E-state index is 13.5. The Morgan fingerprint density at radius 1 is 0.857 bits per heavy atom. The third kappa shape index (κ3) is 10.3. The van der Waals surface area contributed by atoms with Gasteiger partial charge < -0.3 is 15.0 Å². The number of hydrazine groups is 1. The summed E-state index contributed by atoms with van der Waals surface area (Å²) >= 11 is 2.18. The molecule has 354 valence electrons. The number of piperidine rings is 2. The minimum Gasteiger partial charge on any atom is -0.375 e. The molecule has 15 heteroatoms. The molecule has 4 saturated heterocycles. The summed E-state index contributed by atoms with van der Waals surface area (Å²) in [5, 5.41) is 13.8. The molecule has 3 N–H and O–H groups in total. The van der Waals surface area contributed by atoms with Crippen LogP contribution in [0.3, 0.4) is 0 Å². The van der Waals surface area contributed by atoms with Gasteiger partial charge in [0.1, 0.15) is 0 Å². The molecule has 0 aromatic heterocycles. The van der Waals surface area contributed by atoms with Crippen molar-refractivity contribution >= 4 is 23.4 Å². The van der Waals surface area contributed by atoms with Crippen LogP contribution in [0.25, 0.3) is 0 Å². The molecule has 9 unspecified atom stereocenters. The van der Waals surface area contributed by atoms with Crippen molar-refractivity contribution in [1.82, 2.24) is 30.9 Å². The van der Waals surface area contributed by atoms with Crippen molar-refractivity contribution in [1.29, 1.82) is 5.26 Å². The highest BCUT2D eigenvalue weighted by atomic mass is 32.2. The van der Waals surface area contributed by atoms with Crippen molar-refractivity contribution in [2.75, 3.05) is 26.2 Å². The molecule has 4 aliphatic carbocycles. The van der Waals surface area contributed by atoms with Crippen LogP contribution in [-0.2, 0) is 14.3 Å². The summed E-state index contributed by atoms with van der Waals surface area (Å²) in [5.74, 6) is 1.32. The predicted octanol–water partition coefficient (Wildman–Crippen LogP) is 7.96. The smallest absolute Gasteiger partial charge is 0.375 e. The molecule has 9 rings (SSSR count). The number of ether oxygens (including phenoxy) is 2. The molecule has 0 bridgehead atoms. The molecule has 0 aromatic carbocycles. The first-order valence-corrected chi connectivity index (χ1v) is 26.3. The van der Waals surface area contributed by atoms with Gasteiger partial charge in [-0.2, -0.15) is 5.26 Å².